The summed E-state index contributed by atoms with van der Waals surface area (Å²) >= 11 is 0. The molecule has 0 spiro atoms. The molecule has 0 radical (unpaired) electrons. The molecule has 0 unspecified atom stereocenters. The highest BCUT2D eigenvalue weighted by Gasteiger charge is 2.09. The van der Waals surface area contributed by atoms with Crippen molar-refractivity contribution in [1.29, 1.82) is 0 Å². The first-order valence-electron chi connectivity index (χ1n) is 7.29. The summed E-state index contributed by atoms with van der Waals surface area (Å²) in [7, 11) is 0. The topological polar surface area (TPSA) is 17.3 Å². The van der Waals surface area contributed by atoms with E-state index < -0.39 is 0 Å². The van der Waals surface area contributed by atoms with E-state index in [1.807, 2.05) is 24.5 Å². The zero-order valence-corrected chi connectivity index (χ0v) is 12.9. The van der Waals surface area contributed by atoms with E-state index >= 15 is 0 Å². The molecular formula is C19H16F2N2. The number of rotatable bonds is 3. The van der Waals surface area contributed by atoms with Crippen molar-refractivity contribution in [3.05, 3.63) is 83.2 Å². The van der Waals surface area contributed by atoms with Crippen LogP contribution in [0, 0.1) is 25.5 Å². The second-order valence-corrected chi connectivity index (χ2v) is 5.38. The van der Waals surface area contributed by atoms with Crippen LogP contribution >= 0.6 is 0 Å². The summed E-state index contributed by atoms with van der Waals surface area (Å²) in [5.74, 6) is -0.569. The van der Waals surface area contributed by atoms with Gasteiger partial charge in [-0.3, -0.25) is 4.99 Å². The molecule has 0 saturated heterocycles. The van der Waals surface area contributed by atoms with Gasteiger partial charge in [-0.05, 0) is 62.4 Å². The van der Waals surface area contributed by atoms with Crippen LogP contribution in [0.2, 0.25) is 0 Å². The molecule has 23 heavy (non-hydrogen) atoms. The Labute approximate surface area is 133 Å². The van der Waals surface area contributed by atoms with E-state index in [1.54, 1.807) is 30.5 Å². The van der Waals surface area contributed by atoms with E-state index in [-0.39, 0.29) is 11.6 Å². The second kappa shape index (κ2) is 6.16. The van der Waals surface area contributed by atoms with Crippen LogP contribution in [0.25, 0.3) is 5.69 Å². The third-order valence-electron chi connectivity index (χ3n) is 3.72. The molecule has 4 heteroatoms. The van der Waals surface area contributed by atoms with E-state index in [0.29, 0.717) is 5.69 Å². The van der Waals surface area contributed by atoms with Crippen LogP contribution in [0.4, 0.5) is 14.5 Å². The number of aromatic nitrogens is 1. The first kappa shape index (κ1) is 15.2. The largest absolute Gasteiger partial charge is 0.318 e. The molecule has 2 aromatic carbocycles. The quantitative estimate of drug-likeness (QED) is 0.597. The normalized spacial score (nSPS) is 11.3. The average Bonchev–Trinajstić information content (AvgIpc) is 2.81. The van der Waals surface area contributed by atoms with E-state index in [1.165, 1.54) is 24.3 Å². The smallest absolute Gasteiger partial charge is 0.125 e. The fraction of sp³-hybridized carbons (Fsp3) is 0.105. The Hall–Kier alpha value is -2.75. The van der Waals surface area contributed by atoms with Gasteiger partial charge >= 0.3 is 0 Å². The lowest BCUT2D eigenvalue weighted by Gasteiger charge is -2.09. The zero-order valence-electron chi connectivity index (χ0n) is 12.9. The van der Waals surface area contributed by atoms with Crippen LogP contribution in [0.1, 0.15) is 17.0 Å². The number of aryl methyl sites for hydroxylation is 1. The van der Waals surface area contributed by atoms with Gasteiger partial charge in [0.25, 0.3) is 0 Å². The van der Waals surface area contributed by atoms with Crippen molar-refractivity contribution in [3.8, 4) is 5.69 Å². The molecule has 1 aromatic heterocycles. The predicted molar refractivity (Wildman–Crippen MR) is 88.9 cm³/mol. The molecule has 2 nitrogen and oxygen atoms in total. The lowest BCUT2D eigenvalue weighted by molar-refractivity contribution is 0.627. The first-order valence-corrected chi connectivity index (χ1v) is 7.29. The average molecular weight is 310 g/mol. The summed E-state index contributed by atoms with van der Waals surface area (Å²) in [6, 6.07) is 14.5. The number of aliphatic imine (C=N–C) groups is 1. The van der Waals surface area contributed by atoms with Gasteiger partial charge in [0.05, 0.1) is 5.69 Å². The summed E-state index contributed by atoms with van der Waals surface area (Å²) in [5, 5.41) is 0. The van der Waals surface area contributed by atoms with Crippen LogP contribution in [-0.2, 0) is 0 Å². The summed E-state index contributed by atoms with van der Waals surface area (Å²) < 4.78 is 28.3. The van der Waals surface area contributed by atoms with E-state index in [0.717, 1.165) is 22.6 Å². The fourth-order valence-electron chi connectivity index (χ4n) is 2.61. The summed E-state index contributed by atoms with van der Waals surface area (Å²) in [6.45, 7) is 3.96. The maximum absolute atomic E-state index is 13.2. The molecule has 3 aromatic rings. The summed E-state index contributed by atoms with van der Waals surface area (Å²) in [4.78, 5) is 4.32. The highest BCUT2D eigenvalue weighted by Crippen LogP contribution is 2.21. The van der Waals surface area contributed by atoms with Crippen molar-refractivity contribution in [2.75, 3.05) is 0 Å². The Morgan fingerprint density at radius 3 is 2.35 bits per heavy atom. The maximum atomic E-state index is 13.2. The summed E-state index contributed by atoms with van der Waals surface area (Å²) in [5.41, 5.74) is 4.42. The number of hydrogen-bond acceptors (Lipinski definition) is 1. The Morgan fingerprint density at radius 2 is 1.65 bits per heavy atom. The van der Waals surface area contributed by atoms with Crippen LogP contribution < -0.4 is 0 Å². The van der Waals surface area contributed by atoms with Crippen molar-refractivity contribution in [2.45, 2.75) is 13.8 Å². The maximum Gasteiger partial charge on any atom is 0.125 e. The SMILES string of the molecule is Cc1cc(C=Nc2cccc(F)c2)c(C)n1-c1ccc(F)cc1. The van der Waals surface area contributed by atoms with E-state index in [9.17, 15) is 8.78 Å². The van der Waals surface area contributed by atoms with Crippen molar-refractivity contribution in [1.82, 2.24) is 4.57 Å². The molecule has 0 amide bonds. The van der Waals surface area contributed by atoms with E-state index in [2.05, 4.69) is 4.99 Å². The third kappa shape index (κ3) is 3.21. The highest BCUT2D eigenvalue weighted by atomic mass is 19.1. The molecule has 0 saturated carbocycles. The number of hydrogen-bond donors (Lipinski definition) is 0. The molecule has 3 rings (SSSR count). The van der Waals surface area contributed by atoms with Gasteiger partial charge in [0.1, 0.15) is 11.6 Å². The second-order valence-electron chi connectivity index (χ2n) is 5.38. The first-order chi connectivity index (χ1) is 11.0. The monoisotopic (exact) mass is 310 g/mol. The van der Waals surface area contributed by atoms with Gasteiger partial charge in [-0.15, -0.1) is 0 Å². The minimum atomic E-state index is -0.309. The van der Waals surface area contributed by atoms with Crippen LogP contribution in [0.5, 0.6) is 0 Å². The minimum absolute atomic E-state index is 0.260. The van der Waals surface area contributed by atoms with Gasteiger partial charge in [-0.1, -0.05) is 6.07 Å². The Kier molecular flexibility index (Phi) is 4.06. The lowest BCUT2D eigenvalue weighted by Crippen LogP contribution is -1.99. The van der Waals surface area contributed by atoms with Crippen LogP contribution in [0.3, 0.4) is 0 Å². The number of benzene rings is 2. The van der Waals surface area contributed by atoms with Gasteiger partial charge in [0, 0.05) is 28.9 Å². The van der Waals surface area contributed by atoms with Crippen molar-refractivity contribution < 1.29 is 8.78 Å². The Morgan fingerprint density at radius 1 is 0.913 bits per heavy atom. The van der Waals surface area contributed by atoms with Crippen LogP contribution in [0.15, 0.2) is 59.6 Å². The predicted octanol–water partition coefficient (Wildman–Crippen LogP) is 5.12. The molecule has 116 valence electrons. The standard InChI is InChI=1S/C19H16F2N2/c1-13-10-15(12-22-18-5-3-4-17(21)11-18)14(2)23(13)19-8-6-16(20)7-9-19/h3-12H,1-2H3. The number of nitrogens with zero attached hydrogens (tertiary/aromatic N) is 2. The van der Waals surface area contributed by atoms with Gasteiger partial charge in [0.2, 0.25) is 0 Å². The molecular weight excluding hydrogens is 294 g/mol. The van der Waals surface area contributed by atoms with Crippen molar-refractivity contribution in [2.24, 2.45) is 4.99 Å². The van der Waals surface area contributed by atoms with Gasteiger partial charge < -0.3 is 4.57 Å². The molecule has 1 heterocycles. The molecule has 0 bridgehead atoms. The fourth-order valence-corrected chi connectivity index (χ4v) is 2.61. The van der Waals surface area contributed by atoms with Crippen LogP contribution in [-0.4, -0.2) is 10.8 Å². The molecule has 0 N–H and O–H groups in total. The third-order valence-corrected chi connectivity index (χ3v) is 3.72. The molecule has 0 atom stereocenters. The lowest BCUT2D eigenvalue weighted by atomic mass is 10.2. The molecule has 0 fully saturated rings. The van der Waals surface area contributed by atoms with Crippen molar-refractivity contribution in [3.63, 3.8) is 0 Å². The van der Waals surface area contributed by atoms with Gasteiger partial charge in [0.15, 0.2) is 0 Å². The molecule has 0 aliphatic heterocycles. The molecule has 0 aliphatic carbocycles. The molecule has 0 aliphatic rings. The van der Waals surface area contributed by atoms with Crippen molar-refractivity contribution >= 4 is 11.9 Å². The zero-order chi connectivity index (χ0) is 16.4. The van der Waals surface area contributed by atoms with Gasteiger partial charge in [-0.25, -0.2) is 8.78 Å². The summed E-state index contributed by atoms with van der Waals surface area (Å²) in [6.07, 6.45) is 1.72. The number of halogens is 2. The minimum Gasteiger partial charge on any atom is -0.318 e. The highest BCUT2D eigenvalue weighted by molar-refractivity contribution is 5.84. The van der Waals surface area contributed by atoms with Gasteiger partial charge in [-0.2, -0.15) is 0 Å². The Bertz CT molecular complexity index is 862. The Balaban J connectivity index is 1.96. The van der Waals surface area contributed by atoms with E-state index in [4.69, 9.17) is 0 Å².